The third kappa shape index (κ3) is 4.45. The molecular weight excluding hydrogens is 302 g/mol. The van der Waals surface area contributed by atoms with E-state index in [9.17, 15) is 9.59 Å². The highest BCUT2D eigenvalue weighted by atomic mass is 35.5. The molecule has 2 rings (SSSR count). The van der Waals surface area contributed by atoms with Crippen LogP contribution in [0.25, 0.3) is 0 Å². The lowest BCUT2D eigenvalue weighted by atomic mass is 10.1. The number of benzene rings is 1. The van der Waals surface area contributed by atoms with E-state index in [1.807, 2.05) is 45.2 Å². The molecule has 0 spiro atoms. The number of hydrogen-bond acceptors (Lipinski definition) is 3. The summed E-state index contributed by atoms with van der Waals surface area (Å²) in [4.78, 5) is 25.9. The van der Waals surface area contributed by atoms with E-state index >= 15 is 0 Å². The van der Waals surface area contributed by atoms with Crippen LogP contribution in [0.15, 0.2) is 24.3 Å². The maximum atomic E-state index is 12.1. The SMILES string of the molecule is CNC(C)CNC(=O)C1CC(=O)N(c2ccc(C)cc2)C1.Cl. The van der Waals surface area contributed by atoms with Crippen LogP contribution in [-0.4, -0.2) is 38.0 Å². The molecule has 122 valence electrons. The van der Waals surface area contributed by atoms with Crippen molar-refractivity contribution in [2.45, 2.75) is 26.3 Å². The van der Waals surface area contributed by atoms with Gasteiger partial charge in [-0.2, -0.15) is 0 Å². The van der Waals surface area contributed by atoms with Crippen LogP contribution >= 0.6 is 12.4 Å². The highest BCUT2D eigenvalue weighted by Crippen LogP contribution is 2.25. The highest BCUT2D eigenvalue weighted by Gasteiger charge is 2.34. The minimum Gasteiger partial charge on any atom is -0.354 e. The van der Waals surface area contributed by atoms with Gasteiger partial charge in [0.15, 0.2) is 0 Å². The number of halogens is 1. The van der Waals surface area contributed by atoms with E-state index in [2.05, 4.69) is 10.6 Å². The first-order chi connectivity index (χ1) is 10.0. The van der Waals surface area contributed by atoms with Crippen LogP contribution < -0.4 is 15.5 Å². The van der Waals surface area contributed by atoms with Gasteiger partial charge >= 0.3 is 0 Å². The van der Waals surface area contributed by atoms with Gasteiger partial charge in [-0.15, -0.1) is 12.4 Å². The molecule has 1 fully saturated rings. The molecule has 1 aliphatic heterocycles. The molecule has 1 aliphatic rings. The maximum Gasteiger partial charge on any atom is 0.227 e. The Labute approximate surface area is 137 Å². The Bertz CT molecular complexity index is 519. The van der Waals surface area contributed by atoms with Gasteiger partial charge < -0.3 is 15.5 Å². The number of rotatable bonds is 5. The number of amides is 2. The monoisotopic (exact) mass is 325 g/mol. The van der Waals surface area contributed by atoms with Crippen LogP contribution in [0.4, 0.5) is 5.69 Å². The first kappa shape index (κ1) is 18.5. The Morgan fingerprint density at radius 3 is 2.59 bits per heavy atom. The fourth-order valence-electron chi connectivity index (χ4n) is 2.36. The van der Waals surface area contributed by atoms with Crippen molar-refractivity contribution in [1.82, 2.24) is 10.6 Å². The molecule has 2 amide bonds. The number of hydrogen-bond donors (Lipinski definition) is 2. The standard InChI is InChI=1S/C16H23N3O2.ClH/c1-11-4-6-14(7-5-11)19-10-13(8-15(19)20)16(21)18-9-12(2)17-3;/h4-7,12-13,17H,8-10H2,1-3H3,(H,18,21);1H. The number of nitrogens with zero attached hydrogens (tertiary/aromatic N) is 1. The van der Waals surface area contributed by atoms with Crippen LogP contribution in [0.1, 0.15) is 18.9 Å². The first-order valence-electron chi connectivity index (χ1n) is 7.33. The summed E-state index contributed by atoms with van der Waals surface area (Å²) in [6.45, 7) is 5.04. The van der Waals surface area contributed by atoms with Crippen molar-refractivity contribution in [2.75, 3.05) is 25.0 Å². The van der Waals surface area contributed by atoms with Gasteiger partial charge in [-0.3, -0.25) is 9.59 Å². The van der Waals surface area contributed by atoms with Crippen molar-refractivity contribution in [3.05, 3.63) is 29.8 Å². The molecule has 2 atom stereocenters. The van der Waals surface area contributed by atoms with Gasteiger partial charge in [0.2, 0.25) is 11.8 Å². The Kier molecular flexibility index (Phi) is 6.84. The third-order valence-corrected chi connectivity index (χ3v) is 3.92. The van der Waals surface area contributed by atoms with Crippen molar-refractivity contribution in [2.24, 2.45) is 5.92 Å². The zero-order valence-electron chi connectivity index (χ0n) is 13.3. The Morgan fingerprint density at radius 2 is 2.00 bits per heavy atom. The first-order valence-corrected chi connectivity index (χ1v) is 7.33. The summed E-state index contributed by atoms with van der Waals surface area (Å²) in [5.74, 6) is -0.288. The van der Waals surface area contributed by atoms with Crippen molar-refractivity contribution in [1.29, 1.82) is 0 Å². The quantitative estimate of drug-likeness (QED) is 0.862. The second-order valence-electron chi connectivity index (χ2n) is 5.68. The van der Waals surface area contributed by atoms with E-state index in [4.69, 9.17) is 0 Å². The van der Waals surface area contributed by atoms with E-state index in [0.717, 1.165) is 11.3 Å². The Morgan fingerprint density at radius 1 is 1.36 bits per heavy atom. The minimum atomic E-state index is -0.261. The average Bonchev–Trinajstić information content (AvgIpc) is 2.87. The van der Waals surface area contributed by atoms with E-state index in [-0.39, 0.29) is 42.6 Å². The van der Waals surface area contributed by atoms with Crippen molar-refractivity contribution in [3.63, 3.8) is 0 Å². The molecule has 0 aliphatic carbocycles. The molecule has 2 unspecified atom stereocenters. The number of carbonyl (C=O) groups excluding carboxylic acids is 2. The Balaban J connectivity index is 0.00000242. The van der Waals surface area contributed by atoms with Crippen LogP contribution in [0, 0.1) is 12.8 Å². The van der Waals surface area contributed by atoms with Gasteiger partial charge in [0.05, 0.1) is 5.92 Å². The molecule has 1 aromatic carbocycles. The topological polar surface area (TPSA) is 61.4 Å². The van der Waals surface area contributed by atoms with E-state index in [0.29, 0.717) is 13.1 Å². The number of likely N-dealkylation sites (N-methyl/N-ethyl adjacent to an activating group) is 1. The van der Waals surface area contributed by atoms with Gasteiger partial charge in [-0.1, -0.05) is 17.7 Å². The fraction of sp³-hybridized carbons (Fsp3) is 0.500. The van der Waals surface area contributed by atoms with Crippen LogP contribution in [0.5, 0.6) is 0 Å². The van der Waals surface area contributed by atoms with Gasteiger partial charge in [-0.25, -0.2) is 0 Å². The lowest BCUT2D eigenvalue weighted by Crippen LogP contribution is -2.40. The fourth-order valence-corrected chi connectivity index (χ4v) is 2.36. The summed E-state index contributed by atoms with van der Waals surface area (Å²) < 4.78 is 0. The van der Waals surface area contributed by atoms with E-state index in [1.165, 1.54) is 0 Å². The van der Waals surface area contributed by atoms with Crippen molar-refractivity contribution < 1.29 is 9.59 Å². The molecule has 1 aromatic rings. The normalized spacial score (nSPS) is 18.8. The number of carbonyl (C=O) groups is 2. The molecule has 0 radical (unpaired) electrons. The molecule has 0 aromatic heterocycles. The number of anilines is 1. The molecule has 0 bridgehead atoms. The highest BCUT2D eigenvalue weighted by molar-refractivity contribution is 6.00. The lowest BCUT2D eigenvalue weighted by Gasteiger charge is -2.17. The minimum absolute atomic E-state index is 0. The zero-order chi connectivity index (χ0) is 15.4. The van der Waals surface area contributed by atoms with Gasteiger partial charge in [0.25, 0.3) is 0 Å². The maximum absolute atomic E-state index is 12.1. The van der Waals surface area contributed by atoms with Crippen LogP contribution in [0.3, 0.4) is 0 Å². The van der Waals surface area contributed by atoms with Crippen molar-refractivity contribution >= 4 is 29.9 Å². The molecule has 2 N–H and O–H groups in total. The molecule has 5 nitrogen and oxygen atoms in total. The van der Waals surface area contributed by atoms with E-state index in [1.54, 1.807) is 4.90 Å². The largest absolute Gasteiger partial charge is 0.354 e. The summed E-state index contributed by atoms with van der Waals surface area (Å²) in [5, 5.41) is 5.96. The Hall–Kier alpha value is -1.59. The van der Waals surface area contributed by atoms with Gasteiger partial charge in [0.1, 0.15) is 0 Å². The van der Waals surface area contributed by atoms with Crippen LogP contribution in [0.2, 0.25) is 0 Å². The molecular formula is C16H24ClN3O2. The predicted molar refractivity (Wildman–Crippen MR) is 90.4 cm³/mol. The summed E-state index contributed by atoms with van der Waals surface area (Å²) in [5.41, 5.74) is 2.02. The summed E-state index contributed by atoms with van der Waals surface area (Å²) in [6.07, 6.45) is 0.285. The molecule has 0 saturated carbocycles. The van der Waals surface area contributed by atoms with Crippen molar-refractivity contribution in [3.8, 4) is 0 Å². The predicted octanol–water partition coefficient (Wildman–Crippen LogP) is 1.49. The second kappa shape index (κ2) is 8.15. The smallest absolute Gasteiger partial charge is 0.227 e. The summed E-state index contributed by atoms with van der Waals surface area (Å²) >= 11 is 0. The second-order valence-corrected chi connectivity index (χ2v) is 5.68. The molecule has 1 heterocycles. The summed E-state index contributed by atoms with van der Waals surface area (Å²) in [6, 6.07) is 8.03. The summed E-state index contributed by atoms with van der Waals surface area (Å²) in [7, 11) is 1.86. The molecule has 1 saturated heterocycles. The van der Waals surface area contributed by atoms with Gasteiger partial charge in [-0.05, 0) is 33.0 Å². The van der Waals surface area contributed by atoms with E-state index < -0.39 is 0 Å². The number of aryl methyl sites for hydroxylation is 1. The average molecular weight is 326 g/mol. The zero-order valence-corrected chi connectivity index (χ0v) is 14.1. The number of nitrogens with one attached hydrogen (secondary N) is 2. The van der Waals surface area contributed by atoms with Gasteiger partial charge in [0, 0.05) is 31.2 Å². The van der Waals surface area contributed by atoms with Crippen LogP contribution in [-0.2, 0) is 9.59 Å². The third-order valence-electron chi connectivity index (χ3n) is 3.92. The molecule has 22 heavy (non-hydrogen) atoms. The lowest BCUT2D eigenvalue weighted by molar-refractivity contribution is -0.126. The molecule has 6 heteroatoms.